The average molecular weight is 298 g/mol. The lowest BCUT2D eigenvalue weighted by Crippen LogP contribution is -2.45. The summed E-state index contributed by atoms with van der Waals surface area (Å²) in [6, 6.07) is 7.74. The van der Waals surface area contributed by atoms with Crippen LogP contribution in [0.4, 0.5) is 0 Å². The molecule has 1 aromatic rings. The molecule has 112 valence electrons. The number of aliphatic hydroxyl groups excluding tert-OH is 1. The minimum absolute atomic E-state index is 0.143. The molecule has 0 saturated carbocycles. The van der Waals surface area contributed by atoms with Crippen molar-refractivity contribution in [3.05, 3.63) is 35.4 Å². The van der Waals surface area contributed by atoms with Crippen LogP contribution in [0.25, 0.3) is 0 Å². The summed E-state index contributed by atoms with van der Waals surface area (Å²) in [6.07, 6.45) is 1.45. The van der Waals surface area contributed by atoms with Crippen LogP contribution in [0.1, 0.15) is 24.0 Å². The van der Waals surface area contributed by atoms with E-state index in [-0.39, 0.29) is 12.5 Å². The van der Waals surface area contributed by atoms with Crippen molar-refractivity contribution in [2.24, 2.45) is 5.92 Å². The standard InChI is InChI=1S/C14H22N2O3S/c1-12-4-2-3-5-14(12)10-15-20(18,19)16-8-6-13(11-17)7-9-16/h2-5,13,15,17H,6-11H2,1H3. The number of hydrogen-bond acceptors (Lipinski definition) is 3. The number of nitrogens with one attached hydrogen (secondary N) is 1. The molecular formula is C14H22N2O3S. The fraction of sp³-hybridized carbons (Fsp3) is 0.571. The van der Waals surface area contributed by atoms with Gasteiger partial charge in [0.05, 0.1) is 0 Å². The molecule has 1 saturated heterocycles. The van der Waals surface area contributed by atoms with Crippen LogP contribution in [0, 0.1) is 12.8 Å². The van der Waals surface area contributed by atoms with Crippen molar-refractivity contribution in [1.82, 2.24) is 9.03 Å². The van der Waals surface area contributed by atoms with Gasteiger partial charge in [0.15, 0.2) is 0 Å². The van der Waals surface area contributed by atoms with Gasteiger partial charge >= 0.3 is 0 Å². The molecule has 5 nitrogen and oxygen atoms in total. The van der Waals surface area contributed by atoms with Crippen LogP contribution in [0.2, 0.25) is 0 Å². The Balaban J connectivity index is 1.93. The Morgan fingerprint density at radius 3 is 2.55 bits per heavy atom. The van der Waals surface area contributed by atoms with Gasteiger partial charge in [-0.2, -0.15) is 17.4 Å². The molecule has 2 N–H and O–H groups in total. The topological polar surface area (TPSA) is 69.6 Å². The maximum Gasteiger partial charge on any atom is 0.279 e. The summed E-state index contributed by atoms with van der Waals surface area (Å²) in [6.45, 7) is 3.39. The molecule has 0 atom stereocenters. The number of nitrogens with zero attached hydrogens (tertiary/aromatic N) is 1. The van der Waals surface area contributed by atoms with E-state index in [1.165, 1.54) is 4.31 Å². The largest absolute Gasteiger partial charge is 0.396 e. The van der Waals surface area contributed by atoms with Crippen LogP contribution in [0.15, 0.2) is 24.3 Å². The van der Waals surface area contributed by atoms with E-state index in [2.05, 4.69) is 4.72 Å². The SMILES string of the molecule is Cc1ccccc1CNS(=O)(=O)N1CCC(CO)CC1. The second kappa shape index (κ2) is 6.67. The van der Waals surface area contributed by atoms with Gasteiger partial charge in [0.1, 0.15) is 0 Å². The third-order valence-corrected chi connectivity index (χ3v) is 5.43. The second-order valence-corrected chi connectivity index (χ2v) is 7.03. The molecular weight excluding hydrogens is 276 g/mol. The fourth-order valence-corrected chi connectivity index (χ4v) is 3.61. The molecule has 1 fully saturated rings. The van der Waals surface area contributed by atoms with Crippen molar-refractivity contribution in [2.45, 2.75) is 26.3 Å². The summed E-state index contributed by atoms with van der Waals surface area (Å²) in [5.41, 5.74) is 2.07. The molecule has 0 spiro atoms. The van der Waals surface area contributed by atoms with Gasteiger partial charge in [-0.1, -0.05) is 24.3 Å². The van der Waals surface area contributed by atoms with Gasteiger partial charge in [0.2, 0.25) is 0 Å². The summed E-state index contributed by atoms with van der Waals surface area (Å²) in [5, 5.41) is 9.08. The highest BCUT2D eigenvalue weighted by Gasteiger charge is 2.27. The minimum Gasteiger partial charge on any atom is -0.396 e. The normalized spacial score (nSPS) is 18.3. The Bertz CT molecular complexity index is 537. The molecule has 0 amide bonds. The van der Waals surface area contributed by atoms with Crippen molar-refractivity contribution >= 4 is 10.2 Å². The summed E-state index contributed by atoms with van der Waals surface area (Å²) in [5.74, 6) is 0.234. The first-order chi connectivity index (χ1) is 9.53. The summed E-state index contributed by atoms with van der Waals surface area (Å²) < 4.78 is 28.6. The van der Waals surface area contributed by atoms with E-state index in [0.29, 0.717) is 19.6 Å². The lowest BCUT2D eigenvalue weighted by Gasteiger charge is -2.30. The van der Waals surface area contributed by atoms with E-state index in [1.807, 2.05) is 31.2 Å². The number of aryl methyl sites for hydroxylation is 1. The first kappa shape index (κ1) is 15.4. The molecule has 1 aliphatic rings. The van der Waals surface area contributed by atoms with Crippen molar-refractivity contribution in [3.8, 4) is 0 Å². The zero-order chi connectivity index (χ0) is 14.6. The summed E-state index contributed by atoms with van der Waals surface area (Å²) >= 11 is 0. The highest BCUT2D eigenvalue weighted by Crippen LogP contribution is 2.18. The molecule has 0 radical (unpaired) electrons. The Morgan fingerprint density at radius 2 is 1.95 bits per heavy atom. The highest BCUT2D eigenvalue weighted by molar-refractivity contribution is 7.87. The molecule has 20 heavy (non-hydrogen) atoms. The molecule has 2 rings (SSSR count). The number of rotatable bonds is 5. The first-order valence-corrected chi connectivity index (χ1v) is 8.37. The maximum absolute atomic E-state index is 12.2. The molecule has 0 unspecified atom stereocenters. The monoisotopic (exact) mass is 298 g/mol. The lowest BCUT2D eigenvalue weighted by atomic mass is 10.00. The maximum atomic E-state index is 12.2. The van der Waals surface area contributed by atoms with Crippen molar-refractivity contribution in [2.75, 3.05) is 19.7 Å². The predicted octanol–water partition coefficient (Wildman–Crippen LogP) is 1.03. The summed E-state index contributed by atoms with van der Waals surface area (Å²) in [4.78, 5) is 0. The van der Waals surface area contributed by atoms with E-state index >= 15 is 0 Å². The smallest absolute Gasteiger partial charge is 0.279 e. The third-order valence-electron chi connectivity index (χ3n) is 3.88. The van der Waals surface area contributed by atoms with E-state index < -0.39 is 10.2 Å². The van der Waals surface area contributed by atoms with Crippen LogP contribution in [-0.2, 0) is 16.8 Å². The van der Waals surface area contributed by atoms with Crippen molar-refractivity contribution in [3.63, 3.8) is 0 Å². The Hall–Kier alpha value is -0.950. The second-order valence-electron chi connectivity index (χ2n) is 5.28. The van der Waals surface area contributed by atoms with Crippen molar-refractivity contribution in [1.29, 1.82) is 0 Å². The van der Waals surface area contributed by atoms with Crippen LogP contribution >= 0.6 is 0 Å². The van der Waals surface area contributed by atoms with Crippen LogP contribution in [0.5, 0.6) is 0 Å². The van der Waals surface area contributed by atoms with E-state index in [4.69, 9.17) is 5.11 Å². The molecule has 1 aromatic carbocycles. The van der Waals surface area contributed by atoms with Gasteiger partial charge in [-0.15, -0.1) is 0 Å². The zero-order valence-electron chi connectivity index (χ0n) is 11.7. The van der Waals surface area contributed by atoms with Gasteiger partial charge in [-0.25, -0.2) is 0 Å². The van der Waals surface area contributed by atoms with E-state index in [9.17, 15) is 8.42 Å². The van der Waals surface area contributed by atoms with E-state index in [0.717, 1.165) is 24.0 Å². The zero-order valence-corrected chi connectivity index (χ0v) is 12.6. The van der Waals surface area contributed by atoms with Gasteiger partial charge < -0.3 is 5.11 Å². The molecule has 0 bridgehead atoms. The van der Waals surface area contributed by atoms with Crippen LogP contribution in [-0.4, -0.2) is 37.5 Å². The molecule has 0 aliphatic carbocycles. The number of hydrogen-bond donors (Lipinski definition) is 2. The molecule has 1 aliphatic heterocycles. The van der Waals surface area contributed by atoms with Crippen LogP contribution < -0.4 is 4.72 Å². The Morgan fingerprint density at radius 1 is 1.30 bits per heavy atom. The first-order valence-electron chi connectivity index (χ1n) is 6.93. The highest BCUT2D eigenvalue weighted by atomic mass is 32.2. The summed E-state index contributed by atoms with van der Waals surface area (Å²) in [7, 11) is -3.43. The molecule has 1 heterocycles. The molecule has 6 heteroatoms. The fourth-order valence-electron chi connectivity index (χ4n) is 2.40. The Kier molecular flexibility index (Phi) is 5.15. The van der Waals surface area contributed by atoms with Gasteiger partial charge in [-0.05, 0) is 36.8 Å². The minimum atomic E-state index is -3.43. The Labute approximate surface area is 120 Å². The molecule has 0 aromatic heterocycles. The van der Waals surface area contributed by atoms with Crippen LogP contribution in [0.3, 0.4) is 0 Å². The predicted molar refractivity (Wildman–Crippen MR) is 78.3 cm³/mol. The lowest BCUT2D eigenvalue weighted by molar-refractivity contribution is 0.169. The third kappa shape index (κ3) is 3.79. The quantitative estimate of drug-likeness (QED) is 0.853. The number of aliphatic hydroxyl groups is 1. The van der Waals surface area contributed by atoms with E-state index in [1.54, 1.807) is 0 Å². The van der Waals surface area contributed by atoms with Gasteiger partial charge in [0, 0.05) is 26.2 Å². The number of benzene rings is 1. The number of piperidine rings is 1. The van der Waals surface area contributed by atoms with Gasteiger partial charge in [0.25, 0.3) is 10.2 Å². The van der Waals surface area contributed by atoms with Gasteiger partial charge in [-0.3, -0.25) is 0 Å². The van der Waals surface area contributed by atoms with Crippen molar-refractivity contribution < 1.29 is 13.5 Å². The average Bonchev–Trinajstić information content (AvgIpc) is 2.46.